The maximum Gasteiger partial charge on any atom is 0.287 e. The van der Waals surface area contributed by atoms with E-state index in [1.807, 2.05) is 0 Å². The molecule has 1 aliphatic rings. The fourth-order valence-corrected chi connectivity index (χ4v) is 1.51. The van der Waals surface area contributed by atoms with E-state index in [9.17, 15) is 4.79 Å². The van der Waals surface area contributed by atoms with Crippen LogP contribution in [0, 0.1) is 0 Å². The van der Waals surface area contributed by atoms with E-state index in [2.05, 4.69) is 27.9 Å². The Kier molecular flexibility index (Phi) is 3.64. The summed E-state index contributed by atoms with van der Waals surface area (Å²) in [5, 5.41) is 9.03. The third-order valence-electron chi connectivity index (χ3n) is 2.35. The van der Waals surface area contributed by atoms with Crippen LogP contribution in [0.1, 0.15) is 17.5 Å². The molecule has 0 saturated carbocycles. The topological polar surface area (TPSA) is 78.7 Å². The highest BCUT2D eigenvalue weighted by Gasteiger charge is 2.11. The van der Waals surface area contributed by atoms with Crippen LogP contribution in [0.2, 0.25) is 0 Å². The second kappa shape index (κ2) is 5.38. The normalized spacial score (nSPS) is 18.4. The number of rotatable bonds is 4. The van der Waals surface area contributed by atoms with E-state index in [-0.39, 0.29) is 5.91 Å². The molecule has 6 heteroatoms. The standard InChI is InChI=1S/C11H16N4O2/c1-8-7-14-11(15-8)13-5-4-12-10(16)9-3-2-6-17-9/h2-3,6,8H,4-5,7H2,1H3,(H,12,16)(H2,13,14,15). The van der Waals surface area contributed by atoms with Gasteiger partial charge in [-0.2, -0.15) is 0 Å². The molecule has 6 nitrogen and oxygen atoms in total. The minimum absolute atomic E-state index is 0.202. The molecule has 92 valence electrons. The molecule has 0 radical (unpaired) electrons. The average molecular weight is 236 g/mol. The lowest BCUT2D eigenvalue weighted by Crippen LogP contribution is -2.41. The van der Waals surface area contributed by atoms with Crippen molar-refractivity contribution >= 4 is 11.9 Å². The van der Waals surface area contributed by atoms with Gasteiger partial charge in [-0.3, -0.25) is 9.79 Å². The summed E-state index contributed by atoms with van der Waals surface area (Å²) in [6.45, 7) is 4.01. The van der Waals surface area contributed by atoms with Crippen LogP contribution in [-0.4, -0.2) is 37.5 Å². The predicted molar refractivity (Wildman–Crippen MR) is 63.9 cm³/mol. The molecule has 0 spiro atoms. The summed E-state index contributed by atoms with van der Waals surface area (Å²) in [4.78, 5) is 15.7. The average Bonchev–Trinajstić information content (AvgIpc) is 2.95. The maximum atomic E-state index is 11.5. The first kappa shape index (κ1) is 11.5. The van der Waals surface area contributed by atoms with Crippen LogP contribution in [-0.2, 0) is 0 Å². The SMILES string of the molecule is CC1CN=C(NCCNC(=O)c2ccco2)N1. The highest BCUT2D eigenvalue weighted by atomic mass is 16.3. The van der Waals surface area contributed by atoms with Gasteiger partial charge in [0, 0.05) is 19.1 Å². The van der Waals surface area contributed by atoms with E-state index >= 15 is 0 Å². The first-order chi connectivity index (χ1) is 8.25. The molecule has 0 bridgehead atoms. The summed E-state index contributed by atoms with van der Waals surface area (Å²) in [7, 11) is 0. The number of nitrogens with one attached hydrogen (secondary N) is 3. The van der Waals surface area contributed by atoms with Gasteiger partial charge in [-0.15, -0.1) is 0 Å². The molecule has 1 aromatic rings. The second-order valence-electron chi connectivity index (χ2n) is 3.89. The largest absolute Gasteiger partial charge is 0.459 e. The Hall–Kier alpha value is -1.98. The van der Waals surface area contributed by atoms with Gasteiger partial charge in [-0.25, -0.2) is 0 Å². The van der Waals surface area contributed by atoms with Crippen LogP contribution in [0.15, 0.2) is 27.8 Å². The van der Waals surface area contributed by atoms with E-state index in [1.54, 1.807) is 12.1 Å². The smallest absolute Gasteiger partial charge is 0.287 e. The fourth-order valence-electron chi connectivity index (χ4n) is 1.51. The summed E-state index contributed by atoms with van der Waals surface area (Å²) in [6, 6.07) is 3.70. The minimum atomic E-state index is -0.202. The van der Waals surface area contributed by atoms with E-state index in [1.165, 1.54) is 6.26 Å². The molecular weight excluding hydrogens is 220 g/mol. The zero-order valence-corrected chi connectivity index (χ0v) is 9.69. The predicted octanol–water partition coefficient (Wildman–Crippen LogP) is -0.0533. The summed E-state index contributed by atoms with van der Waals surface area (Å²) in [5.41, 5.74) is 0. The number of hydrogen-bond acceptors (Lipinski definition) is 5. The van der Waals surface area contributed by atoms with Gasteiger partial charge in [0.15, 0.2) is 11.7 Å². The summed E-state index contributed by atoms with van der Waals surface area (Å²) < 4.78 is 4.97. The van der Waals surface area contributed by atoms with Gasteiger partial charge < -0.3 is 20.4 Å². The Morgan fingerprint density at radius 1 is 1.65 bits per heavy atom. The molecule has 17 heavy (non-hydrogen) atoms. The van der Waals surface area contributed by atoms with Crippen LogP contribution >= 0.6 is 0 Å². The lowest BCUT2D eigenvalue weighted by Gasteiger charge is -2.08. The van der Waals surface area contributed by atoms with Crippen molar-refractivity contribution in [2.75, 3.05) is 19.6 Å². The first-order valence-electron chi connectivity index (χ1n) is 5.62. The molecule has 0 aliphatic carbocycles. The lowest BCUT2D eigenvalue weighted by atomic mass is 10.4. The molecule has 3 N–H and O–H groups in total. The summed E-state index contributed by atoms with van der Waals surface area (Å²) in [5.74, 6) is 0.922. The van der Waals surface area contributed by atoms with Gasteiger partial charge in [0.1, 0.15) is 0 Å². The van der Waals surface area contributed by atoms with E-state index < -0.39 is 0 Å². The Morgan fingerprint density at radius 2 is 2.53 bits per heavy atom. The number of hydrogen-bond donors (Lipinski definition) is 3. The van der Waals surface area contributed by atoms with Crippen LogP contribution < -0.4 is 16.0 Å². The quantitative estimate of drug-likeness (QED) is 0.640. The van der Waals surface area contributed by atoms with Crippen molar-refractivity contribution in [3.63, 3.8) is 0 Å². The molecule has 0 aromatic carbocycles. The molecule has 1 aromatic heterocycles. The second-order valence-corrected chi connectivity index (χ2v) is 3.89. The van der Waals surface area contributed by atoms with Crippen molar-refractivity contribution in [2.24, 2.45) is 4.99 Å². The zero-order chi connectivity index (χ0) is 12.1. The van der Waals surface area contributed by atoms with Crippen LogP contribution in [0.3, 0.4) is 0 Å². The Bertz CT molecular complexity index is 400. The number of guanidine groups is 1. The maximum absolute atomic E-state index is 11.5. The summed E-state index contributed by atoms with van der Waals surface area (Å²) >= 11 is 0. The van der Waals surface area contributed by atoms with Gasteiger partial charge in [-0.05, 0) is 19.1 Å². The molecular formula is C11H16N4O2. The van der Waals surface area contributed by atoms with Crippen LogP contribution in [0.25, 0.3) is 0 Å². The zero-order valence-electron chi connectivity index (χ0n) is 9.69. The number of carbonyl (C=O) groups excluding carboxylic acids is 1. The summed E-state index contributed by atoms with van der Waals surface area (Å²) in [6.07, 6.45) is 1.48. The first-order valence-corrected chi connectivity index (χ1v) is 5.62. The lowest BCUT2D eigenvalue weighted by molar-refractivity contribution is 0.0926. The van der Waals surface area contributed by atoms with Gasteiger partial charge in [0.2, 0.25) is 0 Å². The van der Waals surface area contributed by atoms with Gasteiger partial charge in [0.25, 0.3) is 5.91 Å². The Labute approximate surface area is 99.5 Å². The minimum Gasteiger partial charge on any atom is -0.459 e. The van der Waals surface area contributed by atoms with Crippen molar-refractivity contribution in [3.05, 3.63) is 24.2 Å². The van der Waals surface area contributed by atoms with Crippen molar-refractivity contribution < 1.29 is 9.21 Å². The van der Waals surface area contributed by atoms with Crippen molar-refractivity contribution in [2.45, 2.75) is 13.0 Å². The molecule has 2 rings (SSSR count). The number of amides is 1. The Balaban J connectivity index is 1.62. The van der Waals surface area contributed by atoms with Crippen molar-refractivity contribution in [1.82, 2.24) is 16.0 Å². The molecule has 1 atom stereocenters. The van der Waals surface area contributed by atoms with Gasteiger partial charge in [0.05, 0.1) is 12.8 Å². The molecule has 1 unspecified atom stereocenters. The molecule has 1 aliphatic heterocycles. The number of nitrogens with zero attached hydrogens (tertiary/aromatic N) is 1. The monoisotopic (exact) mass is 236 g/mol. The number of furan rings is 1. The van der Waals surface area contributed by atoms with Crippen molar-refractivity contribution in [3.8, 4) is 0 Å². The molecule has 2 heterocycles. The molecule has 1 amide bonds. The number of carbonyl (C=O) groups is 1. The van der Waals surface area contributed by atoms with Crippen LogP contribution in [0.4, 0.5) is 0 Å². The van der Waals surface area contributed by atoms with E-state index in [0.717, 1.165) is 12.5 Å². The van der Waals surface area contributed by atoms with Crippen LogP contribution in [0.5, 0.6) is 0 Å². The Morgan fingerprint density at radius 3 is 3.18 bits per heavy atom. The fraction of sp³-hybridized carbons (Fsp3) is 0.455. The van der Waals surface area contributed by atoms with Crippen molar-refractivity contribution in [1.29, 1.82) is 0 Å². The van der Waals surface area contributed by atoms with E-state index in [0.29, 0.717) is 24.9 Å². The third-order valence-corrected chi connectivity index (χ3v) is 2.35. The highest BCUT2D eigenvalue weighted by Crippen LogP contribution is 1.98. The van der Waals surface area contributed by atoms with Gasteiger partial charge in [-0.1, -0.05) is 0 Å². The third kappa shape index (κ3) is 3.24. The molecule has 0 fully saturated rings. The number of aliphatic imine (C=N–C) groups is 1. The van der Waals surface area contributed by atoms with Gasteiger partial charge >= 0.3 is 0 Å². The van der Waals surface area contributed by atoms with E-state index in [4.69, 9.17) is 4.42 Å². The molecule has 0 saturated heterocycles. The highest BCUT2D eigenvalue weighted by molar-refractivity contribution is 5.91.